The number of amides is 1. The molecular formula is C16H21ClN2O2. The average Bonchev–Trinajstić information content (AvgIpc) is 3.28. The average molecular weight is 309 g/mol. The number of carbonyl (C=O) groups excluding carboxylic acids is 1. The van der Waals surface area contributed by atoms with E-state index in [1.165, 1.54) is 0 Å². The van der Waals surface area contributed by atoms with Gasteiger partial charge in [-0.3, -0.25) is 4.79 Å². The number of ether oxygens (including phenoxy) is 1. The van der Waals surface area contributed by atoms with Crippen LogP contribution in [-0.2, 0) is 4.79 Å². The molecule has 2 aliphatic rings. The summed E-state index contributed by atoms with van der Waals surface area (Å²) in [6.45, 7) is 2.50. The number of benzene rings is 1. The molecule has 21 heavy (non-hydrogen) atoms. The molecule has 2 unspecified atom stereocenters. The number of rotatable bonds is 4. The normalized spacial score (nSPS) is 26.0. The third kappa shape index (κ3) is 2.87. The summed E-state index contributed by atoms with van der Waals surface area (Å²) >= 11 is 6.29. The minimum Gasteiger partial charge on any atom is -0.492 e. The van der Waals surface area contributed by atoms with E-state index >= 15 is 0 Å². The zero-order valence-corrected chi connectivity index (χ0v) is 13.0. The van der Waals surface area contributed by atoms with Crippen LogP contribution in [0.15, 0.2) is 18.2 Å². The summed E-state index contributed by atoms with van der Waals surface area (Å²) in [4.78, 5) is 14.3. The SMILES string of the molecule is CCOc1ccc(C2C(N)CCC(=O)N2C2CC2)cc1Cl. The Balaban J connectivity index is 1.92. The van der Waals surface area contributed by atoms with Gasteiger partial charge in [-0.05, 0) is 43.9 Å². The van der Waals surface area contributed by atoms with Crippen LogP contribution in [0.3, 0.4) is 0 Å². The van der Waals surface area contributed by atoms with Gasteiger partial charge in [-0.15, -0.1) is 0 Å². The minimum absolute atomic E-state index is 0.0303. The fourth-order valence-electron chi connectivity index (χ4n) is 3.10. The first kappa shape index (κ1) is 14.7. The molecule has 0 spiro atoms. The van der Waals surface area contributed by atoms with Crippen molar-refractivity contribution in [2.45, 2.75) is 50.7 Å². The van der Waals surface area contributed by atoms with E-state index in [1.54, 1.807) is 0 Å². The first-order valence-corrected chi connectivity index (χ1v) is 7.98. The largest absolute Gasteiger partial charge is 0.492 e. The maximum atomic E-state index is 12.3. The highest BCUT2D eigenvalue weighted by molar-refractivity contribution is 6.32. The molecule has 1 aromatic carbocycles. The lowest BCUT2D eigenvalue weighted by molar-refractivity contribution is -0.138. The highest BCUT2D eigenvalue weighted by Gasteiger charge is 2.43. The second-order valence-corrected chi connectivity index (χ2v) is 6.21. The van der Waals surface area contributed by atoms with Crippen LogP contribution in [0.1, 0.15) is 44.2 Å². The summed E-state index contributed by atoms with van der Waals surface area (Å²) in [5, 5.41) is 0.579. The summed E-state index contributed by atoms with van der Waals surface area (Å²) in [6.07, 6.45) is 3.45. The number of carbonyl (C=O) groups is 1. The van der Waals surface area contributed by atoms with Crippen molar-refractivity contribution in [3.63, 3.8) is 0 Å². The van der Waals surface area contributed by atoms with Gasteiger partial charge in [0.15, 0.2) is 0 Å². The number of nitrogens with zero attached hydrogens (tertiary/aromatic N) is 1. The van der Waals surface area contributed by atoms with Crippen molar-refractivity contribution < 1.29 is 9.53 Å². The van der Waals surface area contributed by atoms with E-state index in [9.17, 15) is 4.79 Å². The molecule has 5 heteroatoms. The predicted octanol–water partition coefficient (Wildman–Crippen LogP) is 2.89. The number of halogens is 1. The summed E-state index contributed by atoms with van der Waals surface area (Å²) in [5.41, 5.74) is 7.32. The van der Waals surface area contributed by atoms with Crippen molar-refractivity contribution in [1.29, 1.82) is 0 Å². The maximum absolute atomic E-state index is 12.3. The Morgan fingerprint density at radius 3 is 2.76 bits per heavy atom. The van der Waals surface area contributed by atoms with Gasteiger partial charge >= 0.3 is 0 Å². The van der Waals surface area contributed by atoms with E-state index in [-0.39, 0.29) is 18.0 Å². The Bertz CT molecular complexity index is 545. The monoisotopic (exact) mass is 308 g/mol. The van der Waals surface area contributed by atoms with Crippen LogP contribution in [0.5, 0.6) is 5.75 Å². The molecule has 114 valence electrons. The lowest BCUT2D eigenvalue weighted by Gasteiger charge is -2.40. The molecule has 0 radical (unpaired) electrons. The van der Waals surface area contributed by atoms with Crippen molar-refractivity contribution in [1.82, 2.24) is 4.90 Å². The molecule has 1 saturated carbocycles. The molecule has 1 aliphatic carbocycles. The molecule has 2 N–H and O–H groups in total. The highest BCUT2D eigenvalue weighted by atomic mass is 35.5. The zero-order chi connectivity index (χ0) is 15.0. The number of nitrogens with two attached hydrogens (primary N) is 1. The van der Waals surface area contributed by atoms with E-state index in [0.717, 1.165) is 24.8 Å². The fourth-order valence-corrected chi connectivity index (χ4v) is 3.35. The van der Waals surface area contributed by atoms with Gasteiger partial charge in [-0.2, -0.15) is 0 Å². The lowest BCUT2D eigenvalue weighted by atomic mass is 9.90. The maximum Gasteiger partial charge on any atom is 0.223 e. The van der Waals surface area contributed by atoms with Gasteiger partial charge in [0.25, 0.3) is 0 Å². The molecular weight excluding hydrogens is 288 g/mol. The molecule has 1 aromatic rings. The van der Waals surface area contributed by atoms with Gasteiger partial charge < -0.3 is 15.4 Å². The molecule has 0 aromatic heterocycles. The first-order valence-electron chi connectivity index (χ1n) is 7.60. The lowest BCUT2D eigenvalue weighted by Crippen LogP contribution is -2.49. The molecule has 0 bridgehead atoms. The predicted molar refractivity (Wildman–Crippen MR) is 82.4 cm³/mol. The van der Waals surface area contributed by atoms with Crippen LogP contribution >= 0.6 is 11.6 Å². The molecule has 2 atom stereocenters. The van der Waals surface area contributed by atoms with Crippen molar-refractivity contribution in [3.05, 3.63) is 28.8 Å². The summed E-state index contributed by atoms with van der Waals surface area (Å²) in [5.74, 6) is 0.894. The second-order valence-electron chi connectivity index (χ2n) is 5.80. The minimum atomic E-state index is -0.0630. The number of hydrogen-bond acceptors (Lipinski definition) is 3. The third-order valence-corrected chi connectivity index (χ3v) is 4.52. The molecule has 1 amide bonds. The van der Waals surface area contributed by atoms with Gasteiger partial charge in [0, 0.05) is 18.5 Å². The molecule has 2 fully saturated rings. The van der Waals surface area contributed by atoms with Gasteiger partial charge in [-0.1, -0.05) is 17.7 Å². The van der Waals surface area contributed by atoms with Crippen LogP contribution in [0.2, 0.25) is 5.02 Å². The van der Waals surface area contributed by atoms with Crippen LogP contribution in [0.25, 0.3) is 0 Å². The smallest absolute Gasteiger partial charge is 0.223 e. The van der Waals surface area contributed by atoms with Crippen molar-refractivity contribution >= 4 is 17.5 Å². The molecule has 1 saturated heterocycles. The summed E-state index contributed by atoms with van der Waals surface area (Å²) < 4.78 is 5.47. The fraction of sp³-hybridized carbons (Fsp3) is 0.562. The van der Waals surface area contributed by atoms with Crippen molar-refractivity contribution in [2.24, 2.45) is 5.73 Å². The van der Waals surface area contributed by atoms with Crippen LogP contribution in [-0.4, -0.2) is 29.5 Å². The van der Waals surface area contributed by atoms with E-state index in [1.807, 2.05) is 30.0 Å². The summed E-state index contributed by atoms with van der Waals surface area (Å²) in [7, 11) is 0. The molecule has 3 rings (SSSR count). The quantitative estimate of drug-likeness (QED) is 0.930. The van der Waals surface area contributed by atoms with Gasteiger partial charge in [0.05, 0.1) is 17.7 Å². The molecule has 4 nitrogen and oxygen atoms in total. The second kappa shape index (κ2) is 5.85. The van der Waals surface area contributed by atoms with E-state index in [2.05, 4.69) is 0 Å². The molecule has 1 aliphatic heterocycles. The Kier molecular flexibility index (Phi) is 4.09. The van der Waals surface area contributed by atoms with E-state index < -0.39 is 0 Å². The zero-order valence-electron chi connectivity index (χ0n) is 12.2. The van der Waals surface area contributed by atoms with Crippen molar-refractivity contribution in [2.75, 3.05) is 6.61 Å². The van der Waals surface area contributed by atoms with Crippen molar-refractivity contribution in [3.8, 4) is 5.75 Å². The highest BCUT2D eigenvalue weighted by Crippen LogP contribution is 2.41. The Hall–Kier alpha value is -1.26. The standard InChI is InChI=1S/C16H21ClN2O2/c1-2-21-14-7-3-10(9-12(14)17)16-13(18)6-8-15(20)19(16)11-4-5-11/h3,7,9,11,13,16H,2,4-6,8,18H2,1H3. The summed E-state index contributed by atoms with van der Waals surface area (Å²) in [6, 6.07) is 6.02. The Morgan fingerprint density at radius 1 is 1.38 bits per heavy atom. The number of piperidine rings is 1. The Labute approximate surface area is 130 Å². The molecule has 1 heterocycles. The van der Waals surface area contributed by atoms with Gasteiger partial charge in [-0.25, -0.2) is 0 Å². The van der Waals surface area contributed by atoms with Crippen LogP contribution in [0.4, 0.5) is 0 Å². The Morgan fingerprint density at radius 2 is 2.14 bits per heavy atom. The number of hydrogen-bond donors (Lipinski definition) is 1. The third-order valence-electron chi connectivity index (χ3n) is 4.22. The van der Waals surface area contributed by atoms with Gasteiger partial charge in [0.2, 0.25) is 5.91 Å². The first-order chi connectivity index (χ1) is 10.1. The number of likely N-dealkylation sites (tertiary alicyclic amines) is 1. The van der Waals surface area contributed by atoms with E-state index in [0.29, 0.717) is 29.8 Å². The topological polar surface area (TPSA) is 55.6 Å². The van der Waals surface area contributed by atoms with Gasteiger partial charge in [0.1, 0.15) is 5.75 Å². The van der Waals surface area contributed by atoms with Crippen LogP contribution < -0.4 is 10.5 Å². The van der Waals surface area contributed by atoms with Crippen LogP contribution in [0, 0.1) is 0 Å². The van der Waals surface area contributed by atoms with E-state index in [4.69, 9.17) is 22.1 Å².